The number of aliphatic carboxylic acids is 1. The highest BCUT2D eigenvalue weighted by Crippen LogP contribution is 2.39. The SMILES string of the molecule is O=C(O)[C@H]1OC(Oc2ccc3ccc4cccc5ccc2c3c45)[C@H](O)[C@@H](O)[C@@H]1O. The molecule has 5 atom stereocenters. The Morgan fingerprint density at radius 3 is 2.10 bits per heavy atom. The molecule has 0 saturated carbocycles. The standard InChI is InChI=1S/C22H18O7/c23-17-18(24)20(21(26)27)29-22(19(17)25)28-14-9-7-12-5-4-10-2-1-3-11-6-8-13(14)16(12)15(10)11/h1-9,17-20,22-25H,(H,26,27)/t17-,18-,19+,20-,22?/m0/s1. The third-order valence-corrected chi connectivity index (χ3v) is 5.54. The zero-order chi connectivity index (χ0) is 20.3. The molecular formula is C22H18O7. The van der Waals surface area contributed by atoms with Crippen LogP contribution in [0.5, 0.6) is 5.75 Å². The monoisotopic (exact) mass is 394 g/mol. The van der Waals surface area contributed by atoms with Crippen molar-refractivity contribution in [3.05, 3.63) is 54.6 Å². The summed E-state index contributed by atoms with van der Waals surface area (Å²) in [5.41, 5.74) is 0. The highest BCUT2D eigenvalue weighted by atomic mass is 16.7. The van der Waals surface area contributed by atoms with Gasteiger partial charge in [-0.25, -0.2) is 4.79 Å². The summed E-state index contributed by atoms with van der Waals surface area (Å²) < 4.78 is 11.1. The predicted molar refractivity (Wildman–Crippen MR) is 105 cm³/mol. The van der Waals surface area contributed by atoms with Crippen LogP contribution < -0.4 is 4.74 Å². The second-order valence-electron chi connectivity index (χ2n) is 7.27. The number of carboxylic acid groups (broad SMARTS) is 1. The van der Waals surface area contributed by atoms with Crippen molar-refractivity contribution in [2.24, 2.45) is 0 Å². The van der Waals surface area contributed by atoms with E-state index in [-0.39, 0.29) is 0 Å². The lowest BCUT2D eigenvalue weighted by Gasteiger charge is -2.38. The number of carbonyl (C=O) groups is 1. The highest BCUT2D eigenvalue weighted by Gasteiger charge is 2.48. The Kier molecular flexibility index (Phi) is 4.07. The van der Waals surface area contributed by atoms with Gasteiger partial charge in [-0.05, 0) is 33.7 Å². The number of hydrogen-bond acceptors (Lipinski definition) is 6. The molecule has 1 fully saturated rings. The molecule has 5 rings (SSSR count). The van der Waals surface area contributed by atoms with E-state index in [9.17, 15) is 25.2 Å². The van der Waals surface area contributed by atoms with Crippen molar-refractivity contribution in [3.8, 4) is 5.75 Å². The molecule has 0 spiro atoms. The number of ether oxygens (including phenoxy) is 2. The average molecular weight is 394 g/mol. The molecule has 0 aliphatic carbocycles. The molecule has 1 saturated heterocycles. The lowest BCUT2D eigenvalue weighted by atomic mass is 9.94. The smallest absolute Gasteiger partial charge is 0.335 e. The third-order valence-electron chi connectivity index (χ3n) is 5.54. The first-order valence-corrected chi connectivity index (χ1v) is 9.21. The molecule has 1 heterocycles. The van der Waals surface area contributed by atoms with Crippen LogP contribution in [-0.2, 0) is 9.53 Å². The Hall–Kier alpha value is -2.97. The number of hydrogen-bond donors (Lipinski definition) is 4. The summed E-state index contributed by atoms with van der Waals surface area (Å²) in [7, 11) is 0. The lowest BCUT2D eigenvalue weighted by molar-refractivity contribution is -0.270. The van der Waals surface area contributed by atoms with Crippen LogP contribution in [0.25, 0.3) is 32.3 Å². The maximum absolute atomic E-state index is 11.3. The molecule has 7 nitrogen and oxygen atoms in total. The van der Waals surface area contributed by atoms with E-state index in [1.54, 1.807) is 6.07 Å². The molecule has 4 N–H and O–H groups in total. The average Bonchev–Trinajstić information content (AvgIpc) is 2.73. The Balaban J connectivity index is 1.61. The molecule has 29 heavy (non-hydrogen) atoms. The molecule has 7 heteroatoms. The maximum atomic E-state index is 11.3. The maximum Gasteiger partial charge on any atom is 0.335 e. The first kappa shape index (κ1) is 18.1. The van der Waals surface area contributed by atoms with Crippen LogP contribution >= 0.6 is 0 Å². The van der Waals surface area contributed by atoms with E-state index in [1.807, 2.05) is 48.5 Å². The van der Waals surface area contributed by atoms with E-state index in [4.69, 9.17) is 9.47 Å². The van der Waals surface area contributed by atoms with Crippen molar-refractivity contribution < 1.29 is 34.7 Å². The summed E-state index contributed by atoms with van der Waals surface area (Å²) >= 11 is 0. The van der Waals surface area contributed by atoms with Crippen molar-refractivity contribution in [1.29, 1.82) is 0 Å². The van der Waals surface area contributed by atoms with Crippen LogP contribution in [0.2, 0.25) is 0 Å². The van der Waals surface area contributed by atoms with E-state index in [0.717, 1.165) is 32.3 Å². The van der Waals surface area contributed by atoms with E-state index in [1.165, 1.54) is 0 Å². The fourth-order valence-corrected chi connectivity index (χ4v) is 4.09. The van der Waals surface area contributed by atoms with E-state index in [2.05, 4.69) is 0 Å². The minimum atomic E-state index is -1.76. The summed E-state index contributed by atoms with van der Waals surface area (Å²) in [6.07, 6.45) is -8.25. The second-order valence-corrected chi connectivity index (χ2v) is 7.27. The fraction of sp³-hybridized carbons (Fsp3) is 0.227. The van der Waals surface area contributed by atoms with Crippen molar-refractivity contribution >= 4 is 38.3 Å². The topological polar surface area (TPSA) is 116 Å². The van der Waals surface area contributed by atoms with Crippen LogP contribution in [0.4, 0.5) is 0 Å². The summed E-state index contributed by atoms with van der Waals surface area (Å²) in [6, 6.07) is 17.6. The predicted octanol–water partition coefficient (Wildman–Crippen LogP) is 1.85. The zero-order valence-electron chi connectivity index (χ0n) is 15.1. The third kappa shape index (κ3) is 2.71. The Labute approximate surface area is 164 Å². The van der Waals surface area contributed by atoms with Gasteiger partial charge >= 0.3 is 5.97 Å². The molecule has 1 aliphatic rings. The summed E-state index contributed by atoms with van der Waals surface area (Å²) in [6.45, 7) is 0. The minimum absolute atomic E-state index is 0.382. The van der Waals surface area contributed by atoms with Gasteiger partial charge in [0.05, 0.1) is 0 Å². The first-order valence-electron chi connectivity index (χ1n) is 9.21. The normalized spacial score (nSPS) is 27.6. The second kappa shape index (κ2) is 6.53. The van der Waals surface area contributed by atoms with Crippen molar-refractivity contribution in [2.75, 3.05) is 0 Å². The molecular weight excluding hydrogens is 376 g/mol. The molecule has 0 bridgehead atoms. The Morgan fingerprint density at radius 1 is 0.793 bits per heavy atom. The van der Waals surface area contributed by atoms with Crippen molar-refractivity contribution in [3.63, 3.8) is 0 Å². The van der Waals surface area contributed by atoms with Gasteiger partial charge in [0.1, 0.15) is 24.1 Å². The van der Waals surface area contributed by atoms with E-state index < -0.39 is 36.7 Å². The molecule has 4 aromatic rings. The number of carboxylic acids is 1. The Bertz CT molecular complexity index is 1200. The molecule has 1 aliphatic heterocycles. The molecule has 1 unspecified atom stereocenters. The molecule has 0 aromatic heterocycles. The highest BCUT2D eigenvalue weighted by molar-refractivity contribution is 6.24. The van der Waals surface area contributed by atoms with Gasteiger partial charge < -0.3 is 29.9 Å². The first-order chi connectivity index (χ1) is 14.0. The van der Waals surface area contributed by atoms with Gasteiger partial charge in [-0.1, -0.05) is 42.5 Å². The van der Waals surface area contributed by atoms with Crippen LogP contribution in [0.3, 0.4) is 0 Å². The van der Waals surface area contributed by atoms with Gasteiger partial charge in [0, 0.05) is 10.8 Å². The van der Waals surface area contributed by atoms with E-state index in [0.29, 0.717) is 5.75 Å². The van der Waals surface area contributed by atoms with Crippen molar-refractivity contribution in [1.82, 2.24) is 0 Å². The van der Waals surface area contributed by atoms with Crippen LogP contribution in [-0.4, -0.2) is 57.1 Å². The molecule has 4 aromatic carbocycles. The van der Waals surface area contributed by atoms with E-state index >= 15 is 0 Å². The largest absolute Gasteiger partial charge is 0.479 e. The molecule has 148 valence electrons. The number of aliphatic hydroxyl groups is 3. The number of aliphatic hydroxyl groups excluding tert-OH is 3. The fourth-order valence-electron chi connectivity index (χ4n) is 4.09. The summed E-state index contributed by atoms with van der Waals surface area (Å²) in [5.74, 6) is -1.07. The lowest BCUT2D eigenvalue weighted by Crippen LogP contribution is -2.61. The van der Waals surface area contributed by atoms with Gasteiger partial charge in [0.25, 0.3) is 0 Å². The quantitative estimate of drug-likeness (QED) is 0.392. The molecule has 0 amide bonds. The number of benzene rings is 4. The van der Waals surface area contributed by atoms with Gasteiger partial charge in [-0.15, -0.1) is 0 Å². The van der Waals surface area contributed by atoms with Gasteiger partial charge in [-0.3, -0.25) is 0 Å². The Morgan fingerprint density at radius 2 is 1.41 bits per heavy atom. The summed E-state index contributed by atoms with van der Waals surface area (Å²) in [4.78, 5) is 11.3. The van der Waals surface area contributed by atoms with Gasteiger partial charge in [0.15, 0.2) is 6.10 Å². The number of rotatable bonds is 3. The van der Waals surface area contributed by atoms with Crippen LogP contribution in [0.1, 0.15) is 0 Å². The molecule has 0 radical (unpaired) electrons. The van der Waals surface area contributed by atoms with Crippen LogP contribution in [0.15, 0.2) is 54.6 Å². The van der Waals surface area contributed by atoms with Gasteiger partial charge in [0.2, 0.25) is 6.29 Å². The van der Waals surface area contributed by atoms with Crippen LogP contribution in [0, 0.1) is 0 Å². The minimum Gasteiger partial charge on any atom is -0.479 e. The van der Waals surface area contributed by atoms with Crippen molar-refractivity contribution in [2.45, 2.75) is 30.7 Å². The van der Waals surface area contributed by atoms with Gasteiger partial charge in [-0.2, -0.15) is 0 Å². The zero-order valence-corrected chi connectivity index (χ0v) is 15.1. The summed E-state index contributed by atoms with van der Waals surface area (Å²) in [5, 5.41) is 45.4.